The zero-order chi connectivity index (χ0) is 13.6. The summed E-state index contributed by atoms with van der Waals surface area (Å²) in [7, 11) is 0. The third-order valence-corrected chi connectivity index (χ3v) is 3.35. The molecule has 0 spiro atoms. The number of ether oxygens (including phenoxy) is 1. The third kappa shape index (κ3) is 4.62. The lowest BCUT2D eigenvalue weighted by molar-refractivity contribution is -0.138. The predicted molar refractivity (Wildman–Crippen MR) is 75.0 cm³/mol. The first-order valence-corrected chi connectivity index (χ1v) is 7.29. The van der Waals surface area contributed by atoms with Crippen molar-refractivity contribution in [2.24, 2.45) is 0 Å². The molecule has 0 saturated heterocycles. The van der Waals surface area contributed by atoms with Crippen molar-refractivity contribution in [3.8, 4) is 0 Å². The van der Waals surface area contributed by atoms with Crippen LogP contribution in [0.1, 0.15) is 41.5 Å². The molecular weight excluding hydrogens is 234 g/mol. The molecule has 0 aromatic rings. The molecular formula is C13H25NO2S. The Hall–Kier alpha value is -0.640. The molecule has 0 aliphatic carbocycles. The lowest BCUT2D eigenvalue weighted by Gasteiger charge is -2.35. The molecule has 0 radical (unpaired) electrons. The van der Waals surface area contributed by atoms with Crippen molar-refractivity contribution in [2.75, 3.05) is 12.9 Å². The highest BCUT2D eigenvalue weighted by molar-refractivity contribution is 8.02. The zero-order valence-corrected chi connectivity index (χ0v) is 12.9. The Balaban J connectivity index is 5.25. The molecule has 17 heavy (non-hydrogen) atoms. The number of rotatable bonds is 6. The monoisotopic (exact) mass is 259 g/mol. The van der Waals surface area contributed by atoms with Crippen molar-refractivity contribution < 1.29 is 9.53 Å². The van der Waals surface area contributed by atoms with Crippen LogP contribution in [0.15, 0.2) is 10.6 Å². The van der Waals surface area contributed by atoms with Gasteiger partial charge in [0, 0.05) is 12.1 Å². The van der Waals surface area contributed by atoms with Crippen molar-refractivity contribution in [1.82, 2.24) is 4.90 Å². The van der Waals surface area contributed by atoms with E-state index in [0.29, 0.717) is 24.3 Å². The Morgan fingerprint density at radius 1 is 1.24 bits per heavy atom. The maximum Gasteiger partial charge on any atom is 0.336 e. The van der Waals surface area contributed by atoms with Gasteiger partial charge in [-0.05, 0) is 47.8 Å². The van der Waals surface area contributed by atoms with Gasteiger partial charge in [0.1, 0.15) is 0 Å². The average molecular weight is 259 g/mol. The van der Waals surface area contributed by atoms with Gasteiger partial charge in [-0.25, -0.2) is 4.79 Å². The lowest BCUT2D eigenvalue weighted by Crippen LogP contribution is -2.36. The van der Waals surface area contributed by atoms with Gasteiger partial charge in [-0.3, -0.25) is 0 Å². The normalized spacial score (nSPS) is 12.8. The summed E-state index contributed by atoms with van der Waals surface area (Å²) in [6.45, 7) is 12.6. The maximum absolute atomic E-state index is 11.8. The molecule has 0 N–H and O–H groups in total. The molecule has 4 heteroatoms. The molecule has 0 saturated carbocycles. The van der Waals surface area contributed by atoms with E-state index in [1.54, 1.807) is 11.8 Å². The Bertz CT molecular complexity index is 277. The first-order chi connectivity index (χ1) is 7.86. The lowest BCUT2D eigenvalue weighted by atomic mass is 10.2. The van der Waals surface area contributed by atoms with Gasteiger partial charge in [0.25, 0.3) is 0 Å². The molecule has 0 bridgehead atoms. The third-order valence-electron chi connectivity index (χ3n) is 2.44. The van der Waals surface area contributed by atoms with E-state index >= 15 is 0 Å². The van der Waals surface area contributed by atoms with Crippen LogP contribution < -0.4 is 0 Å². The Labute approximate surface area is 110 Å². The fourth-order valence-corrected chi connectivity index (χ4v) is 2.87. The molecule has 0 aliphatic rings. The van der Waals surface area contributed by atoms with Gasteiger partial charge in [0.2, 0.25) is 0 Å². The fourth-order valence-electron chi connectivity index (χ4n) is 1.84. The molecule has 0 aliphatic heterocycles. The van der Waals surface area contributed by atoms with Gasteiger partial charge in [0.05, 0.1) is 17.2 Å². The Morgan fingerprint density at radius 3 is 2.00 bits per heavy atom. The second kappa shape index (κ2) is 7.64. The molecule has 0 fully saturated rings. The summed E-state index contributed by atoms with van der Waals surface area (Å²) in [5, 5.41) is 1.01. The number of carbonyl (C=O) groups excluding carboxylic acids is 1. The van der Waals surface area contributed by atoms with Crippen LogP contribution in [0, 0.1) is 0 Å². The summed E-state index contributed by atoms with van der Waals surface area (Å²) < 4.78 is 5.06. The summed E-state index contributed by atoms with van der Waals surface area (Å²) in [5.74, 6) is -0.219. The van der Waals surface area contributed by atoms with Crippen LogP contribution >= 0.6 is 11.8 Å². The van der Waals surface area contributed by atoms with Crippen molar-refractivity contribution in [1.29, 1.82) is 0 Å². The fraction of sp³-hybridized carbons (Fsp3) is 0.769. The van der Waals surface area contributed by atoms with Crippen LogP contribution in [0.3, 0.4) is 0 Å². The standard InChI is InChI=1S/C13H25NO2S/c1-8-16-13(15)11(6)12(17-7)14(9(2)3)10(4)5/h9-10H,8H2,1-7H3. The van der Waals surface area contributed by atoms with E-state index in [0.717, 1.165) is 5.03 Å². The van der Waals surface area contributed by atoms with E-state index in [9.17, 15) is 4.79 Å². The highest BCUT2D eigenvalue weighted by atomic mass is 32.2. The molecule has 0 unspecified atom stereocenters. The van der Waals surface area contributed by atoms with E-state index < -0.39 is 0 Å². The van der Waals surface area contributed by atoms with Crippen molar-refractivity contribution in [2.45, 2.75) is 53.6 Å². The molecule has 3 nitrogen and oxygen atoms in total. The minimum atomic E-state index is -0.219. The van der Waals surface area contributed by atoms with Crippen LogP contribution in [0.4, 0.5) is 0 Å². The SMILES string of the molecule is CCOC(=O)C(C)=C(SC)N(C(C)C)C(C)C. The number of hydrogen-bond acceptors (Lipinski definition) is 4. The summed E-state index contributed by atoms with van der Waals surface area (Å²) in [6.07, 6.45) is 2.00. The number of esters is 1. The quantitative estimate of drug-likeness (QED) is 0.541. The van der Waals surface area contributed by atoms with E-state index in [2.05, 4.69) is 32.6 Å². The van der Waals surface area contributed by atoms with Gasteiger partial charge in [0.15, 0.2) is 0 Å². The first-order valence-electron chi connectivity index (χ1n) is 6.07. The van der Waals surface area contributed by atoms with E-state index in [4.69, 9.17) is 4.74 Å². The zero-order valence-electron chi connectivity index (χ0n) is 12.0. The summed E-state index contributed by atoms with van der Waals surface area (Å²) >= 11 is 1.60. The van der Waals surface area contributed by atoms with E-state index in [1.165, 1.54) is 0 Å². The smallest absolute Gasteiger partial charge is 0.336 e. The number of carbonyl (C=O) groups is 1. The first kappa shape index (κ1) is 16.4. The maximum atomic E-state index is 11.8. The topological polar surface area (TPSA) is 29.5 Å². The van der Waals surface area contributed by atoms with Crippen LogP contribution in [-0.2, 0) is 9.53 Å². The van der Waals surface area contributed by atoms with Crippen molar-refractivity contribution in [3.05, 3.63) is 10.6 Å². The summed E-state index contributed by atoms with van der Waals surface area (Å²) in [4.78, 5) is 14.0. The molecule has 100 valence electrons. The predicted octanol–water partition coefficient (Wildman–Crippen LogP) is 3.26. The molecule has 0 atom stereocenters. The van der Waals surface area contributed by atoms with E-state index in [-0.39, 0.29) is 5.97 Å². The molecule has 0 rings (SSSR count). The van der Waals surface area contributed by atoms with Gasteiger partial charge >= 0.3 is 5.97 Å². The second-order valence-electron chi connectivity index (χ2n) is 4.45. The highest BCUT2D eigenvalue weighted by Gasteiger charge is 2.21. The van der Waals surface area contributed by atoms with Gasteiger partial charge in [-0.1, -0.05) is 0 Å². The van der Waals surface area contributed by atoms with Crippen LogP contribution in [0.25, 0.3) is 0 Å². The van der Waals surface area contributed by atoms with Crippen molar-refractivity contribution in [3.63, 3.8) is 0 Å². The minimum Gasteiger partial charge on any atom is -0.463 e. The summed E-state index contributed by atoms with van der Waals surface area (Å²) in [6, 6.07) is 0.726. The highest BCUT2D eigenvalue weighted by Crippen LogP contribution is 2.26. The molecule has 0 heterocycles. The van der Waals surface area contributed by atoms with Crippen molar-refractivity contribution >= 4 is 17.7 Å². The van der Waals surface area contributed by atoms with Gasteiger partial charge < -0.3 is 9.64 Å². The molecule has 0 aromatic heterocycles. The summed E-state index contributed by atoms with van der Waals surface area (Å²) in [5.41, 5.74) is 0.696. The molecule has 0 amide bonds. The minimum absolute atomic E-state index is 0.219. The van der Waals surface area contributed by atoms with Crippen LogP contribution in [-0.4, -0.2) is 35.8 Å². The largest absolute Gasteiger partial charge is 0.463 e. The number of hydrogen-bond donors (Lipinski definition) is 0. The number of thioether (sulfide) groups is 1. The van der Waals surface area contributed by atoms with Crippen LogP contribution in [0.5, 0.6) is 0 Å². The Kier molecular flexibility index (Phi) is 7.35. The Morgan fingerprint density at radius 2 is 1.71 bits per heavy atom. The second-order valence-corrected chi connectivity index (χ2v) is 5.24. The van der Waals surface area contributed by atoms with Crippen LogP contribution in [0.2, 0.25) is 0 Å². The van der Waals surface area contributed by atoms with Gasteiger partial charge in [-0.15, -0.1) is 11.8 Å². The van der Waals surface area contributed by atoms with E-state index in [1.807, 2.05) is 20.1 Å². The number of nitrogens with zero attached hydrogens (tertiary/aromatic N) is 1. The van der Waals surface area contributed by atoms with Gasteiger partial charge in [-0.2, -0.15) is 0 Å². The molecule has 0 aromatic carbocycles. The average Bonchev–Trinajstić information content (AvgIpc) is 2.23.